The van der Waals surface area contributed by atoms with Crippen molar-refractivity contribution in [2.75, 3.05) is 13.1 Å². The van der Waals surface area contributed by atoms with Gasteiger partial charge in [0, 0.05) is 37.2 Å². The average molecular weight is 421 g/mol. The Balaban J connectivity index is 1.75. The van der Waals surface area contributed by atoms with Crippen molar-refractivity contribution >= 4 is 23.4 Å². The fourth-order valence-electron chi connectivity index (χ4n) is 4.10. The van der Waals surface area contributed by atoms with Crippen LogP contribution in [0.15, 0.2) is 71.0 Å². The van der Waals surface area contributed by atoms with Gasteiger partial charge in [-0.1, -0.05) is 29.8 Å². The van der Waals surface area contributed by atoms with Gasteiger partial charge >= 0.3 is 0 Å². The zero-order valence-corrected chi connectivity index (χ0v) is 16.7. The Morgan fingerprint density at radius 3 is 2.77 bits per heavy atom. The molecule has 0 fully saturated rings. The molecule has 0 saturated heterocycles. The zero-order chi connectivity index (χ0) is 20.7. The van der Waals surface area contributed by atoms with Crippen LogP contribution in [0, 0.1) is 5.95 Å². The molecule has 150 valence electrons. The van der Waals surface area contributed by atoms with E-state index in [2.05, 4.69) is 9.97 Å². The van der Waals surface area contributed by atoms with Gasteiger partial charge in [0.2, 0.25) is 5.95 Å². The number of fused-ring (bicyclic) bond motifs is 1. The summed E-state index contributed by atoms with van der Waals surface area (Å²) in [5.74, 6) is 0.617. The van der Waals surface area contributed by atoms with E-state index in [1.165, 1.54) is 6.20 Å². The Morgan fingerprint density at radius 2 is 1.93 bits per heavy atom. The van der Waals surface area contributed by atoms with E-state index in [9.17, 15) is 4.39 Å². The molecular formula is C22H18ClFN6. The molecule has 0 saturated carbocycles. The summed E-state index contributed by atoms with van der Waals surface area (Å²) < 4.78 is 14.5. The largest absolute Gasteiger partial charge is 0.369 e. The first-order valence-electron chi connectivity index (χ1n) is 9.60. The summed E-state index contributed by atoms with van der Waals surface area (Å²) >= 11 is 6.07. The molecule has 0 amide bonds. The molecule has 1 aromatic carbocycles. The van der Waals surface area contributed by atoms with Gasteiger partial charge in [0.15, 0.2) is 11.5 Å². The lowest BCUT2D eigenvalue weighted by Crippen LogP contribution is -2.46. The number of nitrogens with zero attached hydrogens (tertiary/aromatic N) is 5. The van der Waals surface area contributed by atoms with Crippen LogP contribution in [0.25, 0.3) is 11.1 Å². The minimum atomic E-state index is -0.925. The number of aliphatic imine (C=N–C) groups is 2. The first-order chi connectivity index (χ1) is 14.6. The third-order valence-corrected chi connectivity index (χ3v) is 5.64. The van der Waals surface area contributed by atoms with E-state index in [0.717, 1.165) is 29.9 Å². The number of hydrogen-bond acceptors (Lipinski definition) is 6. The Bertz CT molecular complexity index is 1180. The molecule has 30 heavy (non-hydrogen) atoms. The predicted octanol–water partition coefficient (Wildman–Crippen LogP) is 3.61. The molecule has 1 unspecified atom stereocenters. The summed E-state index contributed by atoms with van der Waals surface area (Å²) in [5.41, 5.74) is 8.10. The number of halogens is 2. The highest BCUT2D eigenvalue weighted by Gasteiger charge is 2.49. The molecule has 0 aliphatic carbocycles. The second-order valence-electron chi connectivity index (χ2n) is 7.20. The Labute approximate surface area is 178 Å². The minimum Gasteiger partial charge on any atom is -0.369 e. The van der Waals surface area contributed by atoms with Crippen LogP contribution in [0.4, 0.5) is 4.39 Å². The van der Waals surface area contributed by atoms with Gasteiger partial charge in [-0.2, -0.15) is 4.39 Å². The van der Waals surface area contributed by atoms with Gasteiger partial charge in [0.1, 0.15) is 5.84 Å². The van der Waals surface area contributed by atoms with Crippen LogP contribution in [0.2, 0.25) is 5.02 Å². The molecule has 5 rings (SSSR count). The SMILES string of the molecule is NC1=NC(c2ccncc2)(c2cccc(-c3cc(Cl)cnc3F)c2)C2=NCCCN12. The molecule has 1 atom stereocenters. The van der Waals surface area contributed by atoms with Crippen molar-refractivity contribution in [3.8, 4) is 11.1 Å². The van der Waals surface area contributed by atoms with Gasteiger partial charge in [0.05, 0.1) is 5.02 Å². The molecule has 6 nitrogen and oxygen atoms in total. The molecule has 0 radical (unpaired) electrons. The van der Waals surface area contributed by atoms with E-state index in [4.69, 9.17) is 27.3 Å². The van der Waals surface area contributed by atoms with Crippen LogP contribution >= 0.6 is 11.6 Å². The first kappa shape index (κ1) is 18.7. The summed E-state index contributed by atoms with van der Waals surface area (Å²) in [5, 5.41) is 0.367. The maximum absolute atomic E-state index is 14.5. The number of benzene rings is 1. The number of guanidine groups is 1. The molecule has 2 N–H and O–H groups in total. The second kappa shape index (κ2) is 7.18. The van der Waals surface area contributed by atoms with Crippen LogP contribution in [0.1, 0.15) is 17.5 Å². The normalized spacial score (nSPS) is 20.5. The number of nitrogens with two attached hydrogens (primary N) is 1. The van der Waals surface area contributed by atoms with Gasteiger partial charge in [-0.15, -0.1) is 0 Å². The maximum atomic E-state index is 14.5. The number of pyridine rings is 2. The van der Waals surface area contributed by atoms with E-state index < -0.39 is 11.5 Å². The maximum Gasteiger partial charge on any atom is 0.220 e. The third-order valence-electron chi connectivity index (χ3n) is 5.43. The third kappa shape index (κ3) is 2.85. The highest BCUT2D eigenvalue weighted by Crippen LogP contribution is 2.42. The summed E-state index contributed by atoms with van der Waals surface area (Å²) in [7, 11) is 0. The summed E-state index contributed by atoms with van der Waals surface area (Å²) in [6.45, 7) is 1.46. The monoisotopic (exact) mass is 420 g/mol. The van der Waals surface area contributed by atoms with Crippen LogP contribution < -0.4 is 5.73 Å². The Morgan fingerprint density at radius 1 is 1.10 bits per heavy atom. The molecule has 0 spiro atoms. The van der Waals surface area contributed by atoms with E-state index in [-0.39, 0.29) is 0 Å². The molecule has 8 heteroatoms. The molecule has 3 aromatic rings. The number of aromatic nitrogens is 2. The highest BCUT2D eigenvalue weighted by atomic mass is 35.5. The number of rotatable bonds is 3. The lowest BCUT2D eigenvalue weighted by atomic mass is 9.81. The lowest BCUT2D eigenvalue weighted by Gasteiger charge is -2.33. The van der Waals surface area contributed by atoms with Crippen molar-refractivity contribution in [2.45, 2.75) is 12.0 Å². The van der Waals surface area contributed by atoms with Gasteiger partial charge in [-0.25, -0.2) is 9.98 Å². The topological polar surface area (TPSA) is 79.8 Å². The van der Waals surface area contributed by atoms with E-state index in [1.54, 1.807) is 18.5 Å². The van der Waals surface area contributed by atoms with Crippen LogP contribution in [-0.2, 0) is 5.54 Å². The van der Waals surface area contributed by atoms with Crippen molar-refractivity contribution in [3.63, 3.8) is 0 Å². The quantitative estimate of drug-likeness (QED) is 0.656. The highest BCUT2D eigenvalue weighted by molar-refractivity contribution is 6.30. The van der Waals surface area contributed by atoms with E-state index in [0.29, 0.717) is 28.7 Å². The van der Waals surface area contributed by atoms with Crippen molar-refractivity contribution < 1.29 is 4.39 Å². The Hall–Kier alpha value is -3.32. The van der Waals surface area contributed by atoms with Crippen molar-refractivity contribution in [1.82, 2.24) is 14.9 Å². The van der Waals surface area contributed by atoms with Crippen LogP contribution in [-0.4, -0.2) is 39.8 Å². The van der Waals surface area contributed by atoms with Gasteiger partial charge < -0.3 is 5.73 Å². The number of hydrogen-bond donors (Lipinski definition) is 1. The first-order valence-corrected chi connectivity index (χ1v) is 9.97. The second-order valence-corrected chi connectivity index (χ2v) is 7.64. The molecular weight excluding hydrogens is 403 g/mol. The smallest absolute Gasteiger partial charge is 0.220 e. The number of amidine groups is 1. The molecule has 4 heterocycles. The summed E-state index contributed by atoms with van der Waals surface area (Å²) in [4.78, 5) is 19.6. The van der Waals surface area contributed by atoms with Gasteiger partial charge in [-0.05, 0) is 47.4 Å². The molecule has 2 aliphatic heterocycles. The fourth-order valence-corrected chi connectivity index (χ4v) is 4.26. The van der Waals surface area contributed by atoms with Crippen molar-refractivity contribution in [2.24, 2.45) is 15.7 Å². The summed E-state index contributed by atoms with van der Waals surface area (Å²) in [6, 6.07) is 12.9. The van der Waals surface area contributed by atoms with E-state index >= 15 is 0 Å². The van der Waals surface area contributed by atoms with E-state index in [1.807, 2.05) is 41.3 Å². The molecule has 2 aliphatic rings. The fraction of sp³-hybridized carbons (Fsp3) is 0.182. The molecule has 2 aromatic heterocycles. The van der Waals surface area contributed by atoms with Gasteiger partial charge in [0.25, 0.3) is 0 Å². The van der Waals surface area contributed by atoms with Crippen LogP contribution in [0.5, 0.6) is 0 Å². The lowest BCUT2D eigenvalue weighted by molar-refractivity contribution is 0.531. The average Bonchev–Trinajstić information content (AvgIpc) is 3.10. The zero-order valence-electron chi connectivity index (χ0n) is 16.0. The predicted molar refractivity (Wildman–Crippen MR) is 115 cm³/mol. The van der Waals surface area contributed by atoms with Crippen molar-refractivity contribution in [1.29, 1.82) is 0 Å². The minimum absolute atomic E-state index is 0.326. The molecule has 0 bridgehead atoms. The standard InChI is InChI=1S/C22H18ClFN6/c23-17-12-18(19(24)28-13-17)14-3-1-4-16(11-14)22(15-5-8-26-9-6-15)20-27-7-2-10-30(20)21(25)29-22/h1,3-6,8-9,11-13H,2,7,10H2,(H2,25,29). The van der Waals surface area contributed by atoms with Gasteiger partial charge in [-0.3, -0.25) is 14.9 Å². The Kier molecular flexibility index (Phi) is 4.47. The summed E-state index contributed by atoms with van der Waals surface area (Å²) in [6.07, 6.45) is 5.64. The van der Waals surface area contributed by atoms with Crippen LogP contribution in [0.3, 0.4) is 0 Å². The van der Waals surface area contributed by atoms with Crippen molar-refractivity contribution in [3.05, 3.63) is 83.2 Å².